The molecule has 32 heavy (non-hydrogen) atoms. The number of hydrogen-bond donors (Lipinski definition) is 1. The number of thioether (sulfide) groups is 1. The predicted octanol–water partition coefficient (Wildman–Crippen LogP) is 7.32. The van der Waals surface area contributed by atoms with Crippen LogP contribution in [0.2, 0.25) is 0 Å². The molecule has 0 saturated heterocycles. The summed E-state index contributed by atoms with van der Waals surface area (Å²) in [6.45, 7) is 3.94. The Kier molecular flexibility index (Phi) is 6.56. The monoisotopic (exact) mass is 432 g/mol. The molecule has 0 radical (unpaired) electrons. The van der Waals surface area contributed by atoms with Gasteiger partial charge in [-0.3, -0.25) is 0 Å². The fourth-order valence-corrected chi connectivity index (χ4v) is 4.65. The minimum absolute atomic E-state index is 0.671. The molecule has 156 valence electrons. The topological polar surface area (TPSA) is 49.8 Å². The lowest BCUT2D eigenvalue weighted by Gasteiger charge is -2.16. The second-order valence-corrected chi connectivity index (χ2v) is 8.32. The molecule has 0 fully saturated rings. The second kappa shape index (κ2) is 9.70. The first-order valence-electron chi connectivity index (χ1n) is 10.4. The van der Waals surface area contributed by atoms with Gasteiger partial charge < -0.3 is 5.73 Å². The number of nitrogens with zero attached hydrogens (tertiary/aromatic N) is 1. The van der Waals surface area contributed by atoms with E-state index in [1.54, 1.807) is 23.9 Å². The molecule has 3 heteroatoms. The lowest BCUT2D eigenvalue weighted by atomic mass is 9.90. The average molecular weight is 433 g/mol. The van der Waals surface area contributed by atoms with E-state index in [4.69, 9.17) is 11.0 Å². The Hall–Kier alpha value is -3.58. The van der Waals surface area contributed by atoms with Gasteiger partial charge in [0.25, 0.3) is 0 Å². The zero-order chi connectivity index (χ0) is 22.5. The van der Waals surface area contributed by atoms with Crippen molar-refractivity contribution in [3.05, 3.63) is 109 Å². The first-order chi connectivity index (χ1) is 15.7. The quantitative estimate of drug-likeness (QED) is 0.256. The molecule has 1 atom stereocenters. The van der Waals surface area contributed by atoms with Crippen LogP contribution in [0.3, 0.4) is 0 Å². The molecule has 0 aromatic heterocycles. The van der Waals surface area contributed by atoms with Crippen LogP contribution < -0.4 is 5.73 Å². The minimum atomic E-state index is -0.671. The van der Waals surface area contributed by atoms with Crippen molar-refractivity contribution in [2.75, 3.05) is 6.26 Å². The molecule has 4 rings (SSSR count). The summed E-state index contributed by atoms with van der Waals surface area (Å²) in [5.41, 5.74) is 12.6. The first-order valence-corrected chi connectivity index (χ1v) is 11.6. The highest BCUT2D eigenvalue weighted by molar-refractivity contribution is 7.98. The molecule has 4 aromatic rings. The van der Waals surface area contributed by atoms with Crippen LogP contribution in [0.25, 0.3) is 38.6 Å². The number of nitriles is 1. The SMILES string of the molecule is C=C/C(=C\C(N)C#N)c1ccc(-c2ccc(-c3ccccc3)cc2SC)c2ccccc12. The summed E-state index contributed by atoms with van der Waals surface area (Å²) in [6, 6.07) is 31.1. The Labute approximate surface area is 193 Å². The third kappa shape index (κ3) is 4.24. The third-order valence-electron chi connectivity index (χ3n) is 5.56. The van der Waals surface area contributed by atoms with Gasteiger partial charge >= 0.3 is 0 Å². The van der Waals surface area contributed by atoms with E-state index in [9.17, 15) is 0 Å². The van der Waals surface area contributed by atoms with E-state index in [1.165, 1.54) is 27.1 Å². The van der Waals surface area contributed by atoms with Gasteiger partial charge in [0.15, 0.2) is 0 Å². The summed E-state index contributed by atoms with van der Waals surface area (Å²) < 4.78 is 0. The molecule has 0 saturated carbocycles. The molecule has 0 spiro atoms. The van der Waals surface area contributed by atoms with E-state index in [0.717, 1.165) is 21.9 Å². The van der Waals surface area contributed by atoms with Crippen molar-refractivity contribution in [1.29, 1.82) is 5.26 Å². The summed E-state index contributed by atoms with van der Waals surface area (Å²) in [5, 5.41) is 11.4. The number of allylic oxidation sites excluding steroid dienone is 2. The van der Waals surface area contributed by atoms with E-state index in [0.29, 0.717) is 0 Å². The molecule has 0 amide bonds. The zero-order valence-electron chi connectivity index (χ0n) is 18.0. The third-order valence-corrected chi connectivity index (χ3v) is 6.34. The highest BCUT2D eigenvalue weighted by Gasteiger charge is 2.13. The van der Waals surface area contributed by atoms with Crippen molar-refractivity contribution in [2.45, 2.75) is 10.9 Å². The van der Waals surface area contributed by atoms with E-state index in [-0.39, 0.29) is 0 Å². The predicted molar refractivity (Wildman–Crippen MR) is 138 cm³/mol. The van der Waals surface area contributed by atoms with Crippen LogP contribution in [0, 0.1) is 11.3 Å². The van der Waals surface area contributed by atoms with Crippen molar-refractivity contribution in [3.63, 3.8) is 0 Å². The number of benzene rings is 4. The fraction of sp³-hybridized carbons (Fsp3) is 0.0690. The van der Waals surface area contributed by atoms with Gasteiger partial charge in [-0.25, -0.2) is 0 Å². The lowest BCUT2D eigenvalue weighted by molar-refractivity contribution is 1.04. The molecule has 0 aliphatic carbocycles. The van der Waals surface area contributed by atoms with Crippen molar-refractivity contribution in [1.82, 2.24) is 0 Å². The Bertz CT molecular complexity index is 1350. The van der Waals surface area contributed by atoms with Gasteiger partial charge in [-0.15, -0.1) is 11.8 Å². The van der Waals surface area contributed by atoms with Crippen LogP contribution in [0.15, 0.2) is 109 Å². The Morgan fingerprint density at radius 3 is 2.28 bits per heavy atom. The summed E-state index contributed by atoms with van der Waals surface area (Å²) in [6.07, 6.45) is 5.64. The van der Waals surface area contributed by atoms with Gasteiger partial charge in [0.05, 0.1) is 6.07 Å². The van der Waals surface area contributed by atoms with Crippen molar-refractivity contribution in [2.24, 2.45) is 5.73 Å². The maximum atomic E-state index is 9.14. The number of nitrogens with two attached hydrogens (primary N) is 1. The molecular weight excluding hydrogens is 408 g/mol. The minimum Gasteiger partial charge on any atom is -0.313 e. The highest BCUT2D eigenvalue weighted by Crippen LogP contribution is 2.39. The van der Waals surface area contributed by atoms with Crippen LogP contribution in [-0.2, 0) is 0 Å². The second-order valence-electron chi connectivity index (χ2n) is 7.47. The van der Waals surface area contributed by atoms with Crippen LogP contribution in [-0.4, -0.2) is 12.3 Å². The highest BCUT2D eigenvalue weighted by atomic mass is 32.2. The van der Waals surface area contributed by atoms with Gasteiger partial charge in [-0.2, -0.15) is 5.26 Å². The smallest absolute Gasteiger partial charge is 0.112 e. The molecule has 0 bridgehead atoms. The molecule has 0 aliphatic heterocycles. The Morgan fingerprint density at radius 1 is 0.906 bits per heavy atom. The summed E-state index contributed by atoms with van der Waals surface area (Å²) in [5.74, 6) is 0. The number of fused-ring (bicyclic) bond motifs is 1. The van der Waals surface area contributed by atoms with Crippen LogP contribution in [0.5, 0.6) is 0 Å². The average Bonchev–Trinajstić information content (AvgIpc) is 2.86. The molecule has 4 aromatic carbocycles. The van der Waals surface area contributed by atoms with Gasteiger partial charge in [0.2, 0.25) is 0 Å². The van der Waals surface area contributed by atoms with Gasteiger partial charge in [-0.05, 0) is 62.6 Å². The largest absolute Gasteiger partial charge is 0.313 e. The van der Waals surface area contributed by atoms with Gasteiger partial charge in [0.1, 0.15) is 6.04 Å². The van der Waals surface area contributed by atoms with E-state index in [2.05, 4.69) is 91.7 Å². The normalized spacial score (nSPS) is 12.3. The Balaban J connectivity index is 1.89. The number of hydrogen-bond acceptors (Lipinski definition) is 3. The van der Waals surface area contributed by atoms with Crippen molar-refractivity contribution >= 4 is 28.1 Å². The molecule has 1 unspecified atom stereocenters. The molecule has 2 N–H and O–H groups in total. The van der Waals surface area contributed by atoms with Crippen LogP contribution in [0.4, 0.5) is 0 Å². The zero-order valence-corrected chi connectivity index (χ0v) is 18.8. The van der Waals surface area contributed by atoms with E-state index in [1.807, 2.05) is 12.1 Å². The van der Waals surface area contributed by atoms with Gasteiger partial charge in [0, 0.05) is 4.90 Å². The summed E-state index contributed by atoms with van der Waals surface area (Å²) in [4.78, 5) is 1.23. The number of rotatable bonds is 6. The lowest BCUT2D eigenvalue weighted by Crippen LogP contribution is -2.13. The molecule has 2 nitrogen and oxygen atoms in total. The van der Waals surface area contributed by atoms with Crippen molar-refractivity contribution < 1.29 is 0 Å². The summed E-state index contributed by atoms with van der Waals surface area (Å²) >= 11 is 1.75. The fourth-order valence-electron chi connectivity index (χ4n) is 4.01. The van der Waals surface area contributed by atoms with E-state index < -0.39 is 6.04 Å². The van der Waals surface area contributed by atoms with E-state index >= 15 is 0 Å². The van der Waals surface area contributed by atoms with Crippen molar-refractivity contribution in [3.8, 4) is 28.3 Å². The molecular formula is C29H24N2S. The Morgan fingerprint density at radius 2 is 1.59 bits per heavy atom. The molecule has 0 heterocycles. The first kappa shape index (κ1) is 21.6. The standard InChI is InChI=1S/C29H24N2S/c1-3-20(17-23(31)19-30)24-15-16-27(26-12-8-7-11-25(24)26)28-14-13-22(18-29(28)32-2)21-9-5-4-6-10-21/h3-18,23H,1,31H2,2H3/b20-17+. The van der Waals surface area contributed by atoms with Crippen LogP contribution >= 0.6 is 11.8 Å². The molecule has 0 aliphatic rings. The van der Waals surface area contributed by atoms with Crippen LogP contribution in [0.1, 0.15) is 5.56 Å². The maximum absolute atomic E-state index is 9.14. The maximum Gasteiger partial charge on any atom is 0.112 e. The van der Waals surface area contributed by atoms with Gasteiger partial charge in [-0.1, -0.05) is 91.5 Å². The summed E-state index contributed by atoms with van der Waals surface area (Å²) in [7, 11) is 0.